The number of nitrogens with two attached hydrogens (primary N) is 1. The molecule has 2 aromatic heterocycles. The molecule has 9 heteroatoms. The van der Waals surface area contributed by atoms with E-state index in [1.165, 1.54) is 0 Å². The molecule has 0 unspecified atom stereocenters. The zero-order chi connectivity index (χ0) is 17.1. The predicted molar refractivity (Wildman–Crippen MR) is 88.8 cm³/mol. The van der Waals surface area contributed by atoms with E-state index in [0.29, 0.717) is 12.5 Å². The lowest BCUT2D eigenvalue weighted by Gasteiger charge is -2.15. The number of nitrogens with zero attached hydrogens (tertiary/aromatic N) is 6. The minimum atomic E-state index is -0.608. The number of rotatable bonds is 5. The molecule has 0 aliphatic heterocycles. The van der Waals surface area contributed by atoms with Crippen LogP contribution >= 0.6 is 0 Å². The van der Waals surface area contributed by atoms with Crippen molar-refractivity contribution in [3.63, 3.8) is 0 Å². The Morgan fingerprint density at radius 2 is 2.04 bits per heavy atom. The number of nitrogen functional groups attached to an aromatic ring is 1. The quantitative estimate of drug-likeness (QED) is 0.561. The van der Waals surface area contributed by atoms with Crippen LogP contribution in [0.5, 0.6) is 0 Å². The zero-order valence-electron chi connectivity index (χ0n) is 12.9. The second-order valence-electron chi connectivity index (χ2n) is 5.18. The van der Waals surface area contributed by atoms with Crippen molar-refractivity contribution in [1.29, 1.82) is 0 Å². The molecule has 0 radical (unpaired) electrons. The summed E-state index contributed by atoms with van der Waals surface area (Å²) in [6.07, 6.45) is 4.76. The molecule has 9 nitrogen and oxygen atoms in total. The lowest BCUT2D eigenvalue weighted by molar-refractivity contribution is -0.384. The maximum atomic E-state index is 10.8. The first kappa shape index (κ1) is 15.4. The average molecular weight is 325 g/mol. The third-order valence-electron chi connectivity index (χ3n) is 3.40. The first-order chi connectivity index (χ1) is 11.5. The minimum absolute atomic E-state index is 0.156. The molecule has 3 aromatic rings. The molecule has 1 aromatic carbocycles. The molecule has 0 saturated heterocycles. The van der Waals surface area contributed by atoms with Crippen molar-refractivity contribution in [2.75, 3.05) is 17.7 Å². The number of para-hydroxylation sites is 1. The monoisotopic (exact) mass is 325 g/mol. The topological polar surface area (TPSA) is 116 Å². The summed E-state index contributed by atoms with van der Waals surface area (Å²) in [5.74, 6) is 0.155. The van der Waals surface area contributed by atoms with Gasteiger partial charge in [-0.25, -0.2) is 9.67 Å². The second-order valence-corrected chi connectivity index (χ2v) is 5.18. The molecule has 0 aliphatic carbocycles. The molecule has 0 atom stereocenters. The first-order valence-electron chi connectivity index (χ1n) is 7.11. The SMILES string of the molecule is CN(Cc1cnn(-c2ccccc2)c1)c1ncc([N+](=O)[O-])c(N)n1. The Kier molecular flexibility index (Phi) is 4.06. The maximum absolute atomic E-state index is 10.8. The molecule has 0 saturated carbocycles. The van der Waals surface area contributed by atoms with Crippen LogP contribution in [0.2, 0.25) is 0 Å². The normalized spacial score (nSPS) is 10.5. The molecule has 2 N–H and O–H groups in total. The molecule has 0 amide bonds. The lowest BCUT2D eigenvalue weighted by atomic mass is 10.3. The summed E-state index contributed by atoms with van der Waals surface area (Å²) in [6.45, 7) is 0.490. The van der Waals surface area contributed by atoms with Gasteiger partial charge >= 0.3 is 5.69 Å². The van der Waals surface area contributed by atoms with Gasteiger partial charge in [0.25, 0.3) is 0 Å². The summed E-state index contributed by atoms with van der Waals surface area (Å²) in [5.41, 5.74) is 7.20. The van der Waals surface area contributed by atoms with Crippen molar-refractivity contribution in [1.82, 2.24) is 19.7 Å². The van der Waals surface area contributed by atoms with Gasteiger partial charge in [0, 0.05) is 25.4 Å². The molecule has 122 valence electrons. The highest BCUT2D eigenvalue weighted by Crippen LogP contribution is 2.20. The summed E-state index contributed by atoms with van der Waals surface area (Å²) in [4.78, 5) is 19.9. The maximum Gasteiger partial charge on any atom is 0.329 e. The van der Waals surface area contributed by atoms with Crippen molar-refractivity contribution in [2.45, 2.75) is 6.54 Å². The zero-order valence-corrected chi connectivity index (χ0v) is 12.9. The average Bonchev–Trinajstić information content (AvgIpc) is 3.03. The number of nitro groups is 1. The van der Waals surface area contributed by atoms with Crippen LogP contribution in [0.1, 0.15) is 5.56 Å². The fraction of sp³-hybridized carbons (Fsp3) is 0.133. The number of anilines is 2. The van der Waals surface area contributed by atoms with Crippen molar-refractivity contribution in [2.24, 2.45) is 0 Å². The van der Waals surface area contributed by atoms with Gasteiger partial charge in [0.1, 0.15) is 6.20 Å². The van der Waals surface area contributed by atoms with Crippen LogP contribution in [0.15, 0.2) is 48.9 Å². The summed E-state index contributed by atoms with van der Waals surface area (Å²) in [5, 5.41) is 15.1. The fourth-order valence-corrected chi connectivity index (χ4v) is 2.21. The van der Waals surface area contributed by atoms with E-state index < -0.39 is 4.92 Å². The summed E-state index contributed by atoms with van der Waals surface area (Å²) in [7, 11) is 1.78. The third-order valence-corrected chi connectivity index (χ3v) is 3.40. The Hall–Kier alpha value is -3.49. The Morgan fingerprint density at radius 3 is 2.71 bits per heavy atom. The van der Waals surface area contributed by atoms with E-state index in [1.807, 2.05) is 36.5 Å². The van der Waals surface area contributed by atoms with Gasteiger partial charge in [0.15, 0.2) is 0 Å². The van der Waals surface area contributed by atoms with Crippen molar-refractivity contribution < 1.29 is 4.92 Å². The van der Waals surface area contributed by atoms with Crippen LogP contribution in [0, 0.1) is 10.1 Å². The molecular formula is C15H15N7O2. The van der Waals surface area contributed by atoms with Crippen LogP contribution in [-0.4, -0.2) is 31.7 Å². The highest BCUT2D eigenvalue weighted by atomic mass is 16.6. The fourth-order valence-electron chi connectivity index (χ4n) is 2.21. The van der Waals surface area contributed by atoms with Gasteiger partial charge < -0.3 is 10.6 Å². The van der Waals surface area contributed by atoms with Crippen LogP contribution in [-0.2, 0) is 6.54 Å². The van der Waals surface area contributed by atoms with Crippen molar-refractivity contribution in [3.8, 4) is 5.69 Å². The van der Waals surface area contributed by atoms with Crippen LogP contribution in [0.4, 0.5) is 17.5 Å². The first-order valence-corrected chi connectivity index (χ1v) is 7.11. The predicted octanol–water partition coefficient (Wildman–Crippen LogP) is 1.79. The highest BCUT2D eigenvalue weighted by molar-refractivity contribution is 5.53. The molecule has 0 spiro atoms. The van der Waals surface area contributed by atoms with E-state index in [1.54, 1.807) is 22.8 Å². The van der Waals surface area contributed by atoms with Crippen molar-refractivity contribution in [3.05, 3.63) is 64.6 Å². The molecule has 0 aliphatic rings. The van der Waals surface area contributed by atoms with E-state index in [-0.39, 0.29) is 11.5 Å². The van der Waals surface area contributed by atoms with E-state index in [9.17, 15) is 10.1 Å². The van der Waals surface area contributed by atoms with Gasteiger partial charge in [-0.2, -0.15) is 10.1 Å². The molecular weight excluding hydrogens is 310 g/mol. The number of benzene rings is 1. The molecule has 3 rings (SSSR count). The number of hydrogen-bond acceptors (Lipinski definition) is 7. The Balaban J connectivity index is 1.76. The standard InChI is InChI=1S/C15H15N7O2/c1-20(15-17-8-13(22(23)24)14(16)19-15)9-11-7-18-21(10-11)12-5-3-2-4-6-12/h2-8,10H,9H2,1H3,(H2,16,17,19). The van der Waals surface area contributed by atoms with Crippen molar-refractivity contribution >= 4 is 17.5 Å². The molecule has 2 heterocycles. The summed E-state index contributed by atoms with van der Waals surface area (Å²) < 4.78 is 1.77. The second kappa shape index (κ2) is 6.32. The van der Waals surface area contributed by atoms with Gasteiger partial charge in [0.2, 0.25) is 11.8 Å². The Labute approximate surface area is 137 Å². The Bertz CT molecular complexity index is 863. The van der Waals surface area contributed by atoms with Gasteiger partial charge in [-0.05, 0) is 12.1 Å². The minimum Gasteiger partial charge on any atom is -0.378 e. The third kappa shape index (κ3) is 3.14. The van der Waals surface area contributed by atoms with Gasteiger partial charge in [-0.15, -0.1) is 0 Å². The smallest absolute Gasteiger partial charge is 0.329 e. The summed E-state index contributed by atoms with van der Waals surface area (Å²) in [6, 6.07) is 9.74. The van der Waals surface area contributed by atoms with E-state index in [0.717, 1.165) is 17.4 Å². The number of hydrogen-bond donors (Lipinski definition) is 1. The summed E-state index contributed by atoms with van der Waals surface area (Å²) >= 11 is 0. The number of aromatic nitrogens is 4. The molecule has 0 fully saturated rings. The van der Waals surface area contributed by atoms with Gasteiger partial charge in [-0.3, -0.25) is 10.1 Å². The largest absolute Gasteiger partial charge is 0.378 e. The van der Waals surface area contributed by atoms with Crippen LogP contribution < -0.4 is 10.6 Å². The van der Waals surface area contributed by atoms with E-state index >= 15 is 0 Å². The van der Waals surface area contributed by atoms with Gasteiger partial charge in [0.05, 0.1) is 16.8 Å². The van der Waals surface area contributed by atoms with Crippen LogP contribution in [0.3, 0.4) is 0 Å². The van der Waals surface area contributed by atoms with E-state index in [4.69, 9.17) is 5.73 Å². The molecule has 24 heavy (non-hydrogen) atoms. The lowest BCUT2D eigenvalue weighted by Crippen LogP contribution is -2.19. The molecule has 0 bridgehead atoms. The van der Waals surface area contributed by atoms with Gasteiger partial charge in [-0.1, -0.05) is 18.2 Å². The Morgan fingerprint density at radius 1 is 1.29 bits per heavy atom. The van der Waals surface area contributed by atoms with Crippen LogP contribution in [0.25, 0.3) is 5.69 Å². The van der Waals surface area contributed by atoms with E-state index in [2.05, 4.69) is 15.1 Å². The highest BCUT2D eigenvalue weighted by Gasteiger charge is 2.16.